The molecule has 7 nitrogen and oxygen atoms in total. The molecule has 20 heavy (non-hydrogen) atoms. The molecular weight excluding hydrogens is 304 g/mol. The van der Waals surface area contributed by atoms with E-state index in [2.05, 4.69) is 15.5 Å². The van der Waals surface area contributed by atoms with Crippen molar-refractivity contribution in [3.05, 3.63) is 40.5 Å². The van der Waals surface area contributed by atoms with Crippen molar-refractivity contribution in [3.8, 4) is 0 Å². The van der Waals surface area contributed by atoms with Crippen molar-refractivity contribution < 1.29 is 13.2 Å². The Labute approximate surface area is 120 Å². The Kier molecular flexibility index (Phi) is 3.80. The van der Waals surface area contributed by atoms with Gasteiger partial charge >= 0.3 is 0 Å². The van der Waals surface area contributed by atoms with E-state index in [0.29, 0.717) is 5.82 Å². The molecule has 0 saturated carbocycles. The van der Waals surface area contributed by atoms with Crippen LogP contribution >= 0.6 is 11.6 Å². The molecule has 0 unspecified atom stereocenters. The smallest absolute Gasteiger partial charge is 0.239 e. The summed E-state index contributed by atoms with van der Waals surface area (Å²) >= 11 is 5.83. The molecule has 106 valence electrons. The summed E-state index contributed by atoms with van der Waals surface area (Å²) in [5.41, 5.74) is 0.488. The summed E-state index contributed by atoms with van der Waals surface area (Å²) < 4.78 is 22.5. The summed E-state index contributed by atoms with van der Waals surface area (Å²) in [5, 5.41) is 14.1. The van der Waals surface area contributed by atoms with Crippen LogP contribution in [0, 0.1) is 0 Å². The molecule has 1 heterocycles. The second-order valence-electron chi connectivity index (χ2n) is 3.94. The minimum absolute atomic E-state index is 0.105. The lowest BCUT2D eigenvalue weighted by atomic mass is 10.1. The van der Waals surface area contributed by atoms with Gasteiger partial charge in [-0.15, -0.1) is 0 Å². The predicted molar refractivity (Wildman–Crippen MR) is 74.4 cm³/mol. The fraction of sp³-hybridized carbons (Fsp3) is 0.0909. The van der Waals surface area contributed by atoms with Gasteiger partial charge in [0.25, 0.3) is 0 Å². The molecule has 0 amide bonds. The maximum Gasteiger partial charge on any atom is 0.239 e. The van der Waals surface area contributed by atoms with Gasteiger partial charge in [0, 0.05) is 18.7 Å². The van der Waals surface area contributed by atoms with Gasteiger partial charge in [-0.3, -0.25) is 9.89 Å². The Morgan fingerprint density at radius 2 is 2.10 bits per heavy atom. The van der Waals surface area contributed by atoms with E-state index in [9.17, 15) is 13.2 Å². The van der Waals surface area contributed by atoms with Gasteiger partial charge in [-0.2, -0.15) is 5.10 Å². The minimum Gasteiger partial charge on any atom is -0.372 e. The number of carbonyl (C=O) groups excluding carboxylic acids is 1. The number of benzene rings is 1. The fourth-order valence-electron chi connectivity index (χ4n) is 1.59. The molecule has 0 bridgehead atoms. The number of aromatic nitrogens is 2. The normalized spacial score (nSPS) is 11.3. The number of rotatable bonds is 4. The maximum atomic E-state index is 12.2. The number of hydrogen-bond acceptors (Lipinski definition) is 5. The van der Waals surface area contributed by atoms with E-state index in [1.54, 1.807) is 7.05 Å². The number of anilines is 1. The summed E-state index contributed by atoms with van der Waals surface area (Å²) in [6.45, 7) is 0. The van der Waals surface area contributed by atoms with Crippen molar-refractivity contribution in [2.24, 2.45) is 5.14 Å². The number of sulfonamides is 1. The summed E-state index contributed by atoms with van der Waals surface area (Å²) in [5.74, 6) is 0.155. The molecule has 2 rings (SSSR count). The van der Waals surface area contributed by atoms with Crippen LogP contribution in [0.4, 0.5) is 5.82 Å². The molecule has 0 aliphatic rings. The zero-order valence-electron chi connectivity index (χ0n) is 10.3. The van der Waals surface area contributed by atoms with Gasteiger partial charge in [-0.1, -0.05) is 11.6 Å². The maximum absolute atomic E-state index is 12.2. The summed E-state index contributed by atoms with van der Waals surface area (Å²) in [4.78, 5) is 11.9. The van der Waals surface area contributed by atoms with Crippen LogP contribution in [0.25, 0.3) is 0 Å². The van der Waals surface area contributed by atoms with Crippen LogP contribution in [0.2, 0.25) is 5.02 Å². The Morgan fingerprint density at radius 1 is 1.40 bits per heavy atom. The summed E-state index contributed by atoms with van der Waals surface area (Å²) in [6, 6.07) is 5.32. The summed E-state index contributed by atoms with van der Waals surface area (Å²) in [7, 11) is -2.24. The average molecular weight is 315 g/mol. The molecule has 0 saturated heterocycles. The third-order valence-corrected chi connectivity index (χ3v) is 3.97. The molecule has 1 aromatic carbocycles. The predicted octanol–water partition coefficient (Wildman–Crippen LogP) is 0.983. The third-order valence-electron chi connectivity index (χ3n) is 2.58. The first-order valence-corrected chi connectivity index (χ1v) is 7.35. The Bertz CT molecular complexity index is 770. The Hall–Kier alpha value is -1.90. The molecule has 4 N–H and O–H groups in total. The zero-order valence-corrected chi connectivity index (χ0v) is 11.9. The molecule has 1 aromatic heterocycles. The van der Waals surface area contributed by atoms with Crippen LogP contribution in [0.5, 0.6) is 0 Å². The largest absolute Gasteiger partial charge is 0.372 e. The number of primary sulfonamides is 1. The van der Waals surface area contributed by atoms with E-state index in [1.807, 2.05) is 0 Å². The van der Waals surface area contributed by atoms with Crippen LogP contribution in [-0.2, 0) is 10.0 Å². The van der Waals surface area contributed by atoms with E-state index in [-0.39, 0.29) is 27.0 Å². The summed E-state index contributed by atoms with van der Waals surface area (Å²) in [6.07, 6.45) is 0. The standard InChI is InChI=1S/C11H11ClN4O3S/c1-14-10-5-8(15-16-10)11(17)6-2-3-9(7(12)4-6)20(13,18)19/h2-5H,1H3,(H2,13,18,19)(H2,14,15,16). The van der Waals surface area contributed by atoms with Gasteiger partial charge in [0.15, 0.2) is 0 Å². The van der Waals surface area contributed by atoms with Gasteiger partial charge in [0.1, 0.15) is 16.4 Å². The number of H-pyrrole nitrogens is 1. The zero-order chi connectivity index (χ0) is 14.9. The number of nitrogens with zero attached hydrogens (tertiary/aromatic N) is 1. The monoisotopic (exact) mass is 314 g/mol. The number of ketones is 1. The lowest BCUT2D eigenvalue weighted by Crippen LogP contribution is -2.13. The molecule has 0 spiro atoms. The minimum atomic E-state index is -3.91. The van der Waals surface area contributed by atoms with Crippen molar-refractivity contribution >= 4 is 33.2 Å². The third kappa shape index (κ3) is 2.82. The van der Waals surface area contributed by atoms with E-state index in [4.69, 9.17) is 16.7 Å². The topological polar surface area (TPSA) is 118 Å². The fourth-order valence-corrected chi connectivity index (χ4v) is 2.69. The van der Waals surface area contributed by atoms with Gasteiger partial charge < -0.3 is 5.32 Å². The lowest BCUT2D eigenvalue weighted by molar-refractivity contribution is 0.103. The first-order chi connectivity index (χ1) is 9.32. The van der Waals surface area contributed by atoms with Gasteiger partial charge in [0.05, 0.1) is 5.02 Å². The van der Waals surface area contributed by atoms with Crippen LogP contribution in [0.3, 0.4) is 0 Å². The van der Waals surface area contributed by atoms with Crippen molar-refractivity contribution in [2.75, 3.05) is 12.4 Å². The molecule has 0 fully saturated rings. The molecular formula is C11H11ClN4O3S. The number of nitrogens with two attached hydrogens (primary N) is 1. The molecule has 0 radical (unpaired) electrons. The van der Waals surface area contributed by atoms with E-state index >= 15 is 0 Å². The number of halogens is 1. The first kappa shape index (κ1) is 14.5. The van der Waals surface area contributed by atoms with Crippen molar-refractivity contribution in [1.82, 2.24) is 10.2 Å². The van der Waals surface area contributed by atoms with Crippen molar-refractivity contribution in [2.45, 2.75) is 4.90 Å². The van der Waals surface area contributed by atoms with Crippen molar-refractivity contribution in [1.29, 1.82) is 0 Å². The lowest BCUT2D eigenvalue weighted by Gasteiger charge is -2.04. The second-order valence-corrected chi connectivity index (χ2v) is 5.87. The van der Waals surface area contributed by atoms with E-state index < -0.39 is 10.0 Å². The number of nitrogens with one attached hydrogen (secondary N) is 2. The quantitative estimate of drug-likeness (QED) is 0.727. The average Bonchev–Trinajstić information content (AvgIpc) is 2.85. The SMILES string of the molecule is CNc1cc(C(=O)c2ccc(S(N)(=O)=O)c(Cl)c2)[nH]n1. The highest BCUT2D eigenvalue weighted by Crippen LogP contribution is 2.23. The highest BCUT2D eigenvalue weighted by molar-refractivity contribution is 7.89. The van der Waals surface area contributed by atoms with E-state index in [1.165, 1.54) is 24.3 Å². The molecule has 9 heteroatoms. The first-order valence-electron chi connectivity index (χ1n) is 5.43. The molecule has 0 atom stereocenters. The second kappa shape index (κ2) is 5.23. The molecule has 0 aliphatic heterocycles. The van der Waals surface area contributed by atoms with Gasteiger partial charge in [0.2, 0.25) is 15.8 Å². The van der Waals surface area contributed by atoms with Crippen LogP contribution in [0.15, 0.2) is 29.2 Å². The number of aromatic amines is 1. The van der Waals surface area contributed by atoms with Crippen LogP contribution < -0.4 is 10.5 Å². The Balaban J connectivity index is 2.39. The molecule has 0 aliphatic carbocycles. The van der Waals surface area contributed by atoms with Crippen molar-refractivity contribution in [3.63, 3.8) is 0 Å². The molecule has 2 aromatic rings. The van der Waals surface area contributed by atoms with E-state index in [0.717, 1.165) is 0 Å². The highest BCUT2D eigenvalue weighted by atomic mass is 35.5. The number of carbonyl (C=O) groups is 1. The van der Waals surface area contributed by atoms with Crippen LogP contribution in [0.1, 0.15) is 16.1 Å². The van der Waals surface area contributed by atoms with Gasteiger partial charge in [-0.05, 0) is 18.2 Å². The number of hydrogen-bond donors (Lipinski definition) is 3. The Morgan fingerprint density at radius 3 is 2.60 bits per heavy atom. The van der Waals surface area contributed by atoms with Crippen LogP contribution in [-0.4, -0.2) is 31.4 Å². The highest BCUT2D eigenvalue weighted by Gasteiger charge is 2.17. The van der Waals surface area contributed by atoms with Gasteiger partial charge in [-0.25, -0.2) is 13.6 Å².